The molecule has 13 rings (SSSR count). The van der Waals surface area contributed by atoms with E-state index >= 15 is 0 Å². The van der Waals surface area contributed by atoms with Gasteiger partial charge in [-0.05, 0) is 91.3 Å². The smallest absolute Gasteiger partial charge is 0.268 e. The van der Waals surface area contributed by atoms with Crippen LogP contribution in [0.4, 0.5) is 0 Å². The van der Waals surface area contributed by atoms with E-state index < -0.39 is 0 Å². The van der Waals surface area contributed by atoms with Gasteiger partial charge in [0.1, 0.15) is 5.82 Å². The molecule has 0 saturated carbocycles. The van der Waals surface area contributed by atoms with Gasteiger partial charge in [0.2, 0.25) is 0 Å². The number of ether oxygens (including phenoxy) is 1. The third-order valence-electron chi connectivity index (χ3n) is 12.5. The van der Waals surface area contributed by atoms with Crippen molar-refractivity contribution >= 4 is 32.7 Å². The van der Waals surface area contributed by atoms with Gasteiger partial charge in [0.15, 0.2) is 0 Å². The monoisotopic (exact) mass is 1020 g/mol. The first-order valence-corrected chi connectivity index (χ1v) is 21.8. The van der Waals surface area contributed by atoms with Crippen LogP contribution in [0.5, 0.6) is 11.5 Å². The van der Waals surface area contributed by atoms with Gasteiger partial charge in [0.25, 0.3) is 6.33 Å². The summed E-state index contributed by atoms with van der Waals surface area (Å²) in [5.41, 5.74) is 16.2. The van der Waals surface area contributed by atoms with Gasteiger partial charge < -0.3 is 13.9 Å². The van der Waals surface area contributed by atoms with E-state index in [9.17, 15) is 0 Å². The maximum Gasteiger partial charge on any atom is 0.268 e. The fourth-order valence-corrected chi connectivity index (χ4v) is 9.70. The molecule has 6 heteroatoms. The fourth-order valence-electron chi connectivity index (χ4n) is 9.70. The first-order valence-electron chi connectivity index (χ1n) is 21.8. The molecule has 314 valence electrons. The van der Waals surface area contributed by atoms with Gasteiger partial charge in [-0.25, -0.2) is 4.98 Å². The molecule has 12 aromatic rings. The largest absolute Gasteiger partial charge is 0.510 e. The predicted octanol–water partition coefficient (Wildman–Crippen LogP) is 14.2. The Bertz CT molecular complexity index is 3740. The van der Waals surface area contributed by atoms with Crippen molar-refractivity contribution in [2.75, 3.05) is 0 Å². The van der Waals surface area contributed by atoms with Crippen LogP contribution in [0.15, 0.2) is 219 Å². The Morgan fingerprint density at radius 3 is 1.91 bits per heavy atom. The maximum absolute atomic E-state index is 6.73. The van der Waals surface area contributed by atoms with Gasteiger partial charge in [-0.1, -0.05) is 157 Å². The Balaban J connectivity index is 0.00000456. The molecule has 0 spiro atoms. The standard InChI is InChI=1S/C60H36N4O.Pt/c1-3-16-40(17-4-1)43-34-44(41-18-5-2-6-19-41)36-46(35-43)63-39-62(54-28-9-10-29-55(54)63)45-22-15-23-47(37-45)65-48-31-32-52-56(38-48)64(57-30-11-12-33-61-57)60-51-25-8-7-24-49(51)50-26-13-20-42-21-14-27-53(58(42)50)59(52)60;/h1-36H;/q-2;. The molecular weight excluding hydrogens is 988 g/mol. The molecule has 1 aliphatic rings. The van der Waals surface area contributed by atoms with E-state index in [1.165, 1.54) is 27.5 Å². The molecule has 66 heavy (non-hydrogen) atoms. The molecule has 3 heterocycles. The van der Waals surface area contributed by atoms with Gasteiger partial charge >= 0.3 is 0 Å². The van der Waals surface area contributed by atoms with E-state index in [4.69, 9.17) is 9.72 Å². The van der Waals surface area contributed by atoms with Gasteiger partial charge in [-0.15, -0.1) is 29.7 Å². The van der Waals surface area contributed by atoms with Crippen LogP contribution in [-0.2, 0) is 21.1 Å². The second-order valence-electron chi connectivity index (χ2n) is 16.3. The van der Waals surface area contributed by atoms with Crippen molar-refractivity contribution in [2.24, 2.45) is 0 Å². The normalized spacial score (nSPS) is 11.5. The number of hydrogen-bond donors (Lipinski definition) is 0. The Kier molecular flexibility index (Phi) is 9.66. The van der Waals surface area contributed by atoms with E-state index in [0.29, 0.717) is 11.5 Å². The molecule has 0 bridgehead atoms. The molecule has 0 atom stereocenters. The molecule has 0 unspecified atom stereocenters. The molecule has 0 radical (unpaired) electrons. The van der Waals surface area contributed by atoms with Gasteiger partial charge in [-0.3, -0.25) is 4.57 Å². The van der Waals surface area contributed by atoms with E-state index in [2.05, 4.69) is 208 Å². The van der Waals surface area contributed by atoms with Crippen LogP contribution in [-0.4, -0.2) is 14.1 Å². The minimum absolute atomic E-state index is 0. The number of nitrogens with zero attached hydrogens (tertiary/aromatic N) is 4. The second-order valence-corrected chi connectivity index (χ2v) is 16.3. The van der Waals surface area contributed by atoms with Crippen molar-refractivity contribution in [2.45, 2.75) is 0 Å². The average molecular weight is 1020 g/mol. The van der Waals surface area contributed by atoms with Crippen molar-refractivity contribution < 1.29 is 30.4 Å². The van der Waals surface area contributed by atoms with Crippen LogP contribution in [0, 0.1) is 18.5 Å². The van der Waals surface area contributed by atoms with E-state index in [1.807, 2.05) is 42.6 Å². The van der Waals surface area contributed by atoms with Crippen molar-refractivity contribution in [1.29, 1.82) is 0 Å². The molecule has 3 aromatic heterocycles. The summed E-state index contributed by atoms with van der Waals surface area (Å²) < 4.78 is 13.2. The van der Waals surface area contributed by atoms with E-state index in [0.717, 1.165) is 78.2 Å². The van der Waals surface area contributed by atoms with Crippen LogP contribution < -0.4 is 9.30 Å². The number of benzene rings is 9. The van der Waals surface area contributed by atoms with Crippen LogP contribution >= 0.6 is 0 Å². The van der Waals surface area contributed by atoms with Crippen molar-refractivity contribution in [3.63, 3.8) is 0 Å². The summed E-state index contributed by atoms with van der Waals surface area (Å²) in [6.07, 6.45) is 5.55. The Hall–Kier alpha value is -8.11. The molecule has 1 aliphatic carbocycles. The SMILES string of the molecule is [Pt].[c-]1c(Oc2[c-]c3c(cc2)c2c(n3-c3ccccn3)-c3ccccc3-c3cccc4cccc-2c34)cccc1-n1[c-][n+](-c2cc(-c3ccccc3)cc(-c3ccccc3)c2)c2ccccc21. The first kappa shape index (κ1) is 39.5. The van der Waals surface area contributed by atoms with Gasteiger partial charge in [0, 0.05) is 50.0 Å². The zero-order valence-electron chi connectivity index (χ0n) is 35.3. The molecule has 0 saturated heterocycles. The van der Waals surface area contributed by atoms with E-state index in [-0.39, 0.29) is 21.1 Å². The first-order chi connectivity index (χ1) is 32.2. The van der Waals surface area contributed by atoms with Crippen molar-refractivity contribution in [3.8, 4) is 84.5 Å². The van der Waals surface area contributed by atoms with Crippen molar-refractivity contribution in [3.05, 3.63) is 237 Å². The number of imidazole rings is 1. The summed E-state index contributed by atoms with van der Waals surface area (Å²) in [6, 6.07) is 81.7. The van der Waals surface area contributed by atoms with Crippen LogP contribution in [0.2, 0.25) is 0 Å². The molecule has 9 aromatic carbocycles. The summed E-state index contributed by atoms with van der Waals surface area (Å²) in [4.78, 5) is 4.92. The third kappa shape index (κ3) is 6.50. The summed E-state index contributed by atoms with van der Waals surface area (Å²) in [5, 5.41) is 3.51. The molecule has 0 amide bonds. The number of rotatable bonds is 7. The predicted molar refractivity (Wildman–Crippen MR) is 261 cm³/mol. The number of para-hydroxylation sites is 2. The molecular formula is C60H36N4OPt-2. The minimum Gasteiger partial charge on any atom is -0.510 e. The zero-order valence-corrected chi connectivity index (χ0v) is 37.6. The minimum atomic E-state index is 0. The number of fused-ring (bicyclic) bond motifs is 8. The number of aromatic nitrogens is 4. The van der Waals surface area contributed by atoms with Crippen LogP contribution in [0.25, 0.3) is 106 Å². The summed E-state index contributed by atoms with van der Waals surface area (Å²) in [6.45, 7) is 0. The summed E-state index contributed by atoms with van der Waals surface area (Å²) in [7, 11) is 0. The average Bonchev–Trinajstić information content (AvgIpc) is 3.90. The third-order valence-corrected chi connectivity index (χ3v) is 12.5. The Labute approximate surface area is 396 Å². The quantitative estimate of drug-likeness (QED) is 0.118. The van der Waals surface area contributed by atoms with Gasteiger partial charge in [-0.2, -0.15) is 18.2 Å². The Morgan fingerprint density at radius 2 is 1.15 bits per heavy atom. The Morgan fingerprint density at radius 1 is 0.500 bits per heavy atom. The van der Waals surface area contributed by atoms with Crippen LogP contribution in [0.1, 0.15) is 0 Å². The topological polar surface area (TPSA) is 35.9 Å². The molecule has 0 aliphatic heterocycles. The van der Waals surface area contributed by atoms with Crippen molar-refractivity contribution in [1.82, 2.24) is 14.1 Å². The zero-order chi connectivity index (χ0) is 42.8. The summed E-state index contributed by atoms with van der Waals surface area (Å²) in [5.74, 6) is 1.95. The van der Waals surface area contributed by atoms with Gasteiger partial charge in [0.05, 0.1) is 16.7 Å². The second kappa shape index (κ2) is 16.2. The molecule has 0 N–H and O–H groups in total. The van der Waals surface area contributed by atoms with E-state index in [1.54, 1.807) is 0 Å². The number of pyridine rings is 1. The molecule has 0 fully saturated rings. The maximum atomic E-state index is 6.73. The summed E-state index contributed by atoms with van der Waals surface area (Å²) >= 11 is 0. The fraction of sp³-hybridized carbons (Fsp3) is 0. The molecule has 5 nitrogen and oxygen atoms in total. The number of hydrogen-bond acceptors (Lipinski definition) is 2. The van der Waals surface area contributed by atoms with Crippen LogP contribution in [0.3, 0.4) is 0 Å².